The number of hydrogen-bond acceptors (Lipinski definition) is 3. The Bertz CT molecular complexity index is 399. The van der Waals surface area contributed by atoms with Crippen molar-refractivity contribution < 1.29 is 17.7 Å². The maximum Gasteiger partial charge on any atom is 0.265 e. The summed E-state index contributed by atoms with van der Waals surface area (Å²) in [6.07, 6.45) is 0. The minimum Gasteiger partial charge on any atom is -0.376 e. The molecule has 0 unspecified atom stereocenters. The molecule has 0 aromatic heterocycles. The van der Waals surface area contributed by atoms with Crippen LogP contribution in [0.1, 0.15) is 12.5 Å². The highest BCUT2D eigenvalue weighted by molar-refractivity contribution is 7.85. The van der Waals surface area contributed by atoms with Gasteiger partial charge in [0.15, 0.2) is 0 Å². The first kappa shape index (κ1) is 13.2. The molecule has 1 N–H and O–H groups in total. The Kier molecular flexibility index (Phi) is 4.92. The van der Waals surface area contributed by atoms with E-state index in [0.717, 1.165) is 5.56 Å². The summed E-state index contributed by atoms with van der Waals surface area (Å²) in [5, 5.41) is 0. The standard InChI is InChI=1S/C11H16O4S/c1-10(9-16(12,13)14)7-15-8-11-5-3-2-4-6-11/h2-6,10H,7-9H2,1H3,(H,12,13,14)/t10-/m0/s1. The number of hydrogen-bond donors (Lipinski definition) is 1. The first-order chi connectivity index (χ1) is 7.47. The van der Waals surface area contributed by atoms with Crippen molar-refractivity contribution in [1.29, 1.82) is 0 Å². The van der Waals surface area contributed by atoms with Crippen LogP contribution in [0.25, 0.3) is 0 Å². The normalized spacial score (nSPS) is 13.6. The van der Waals surface area contributed by atoms with Crippen LogP contribution in [0.3, 0.4) is 0 Å². The van der Waals surface area contributed by atoms with Gasteiger partial charge >= 0.3 is 0 Å². The van der Waals surface area contributed by atoms with Crippen LogP contribution in [0.4, 0.5) is 0 Å². The Morgan fingerprint density at radius 1 is 1.31 bits per heavy atom. The van der Waals surface area contributed by atoms with E-state index in [2.05, 4.69) is 0 Å². The highest BCUT2D eigenvalue weighted by Gasteiger charge is 2.12. The molecule has 90 valence electrons. The molecule has 1 aromatic carbocycles. The monoisotopic (exact) mass is 244 g/mol. The minimum atomic E-state index is -3.90. The number of rotatable bonds is 6. The van der Waals surface area contributed by atoms with Crippen molar-refractivity contribution in [2.75, 3.05) is 12.4 Å². The predicted octanol–water partition coefficient (Wildman–Crippen LogP) is 1.73. The zero-order valence-corrected chi connectivity index (χ0v) is 9.98. The van der Waals surface area contributed by atoms with Crippen molar-refractivity contribution in [1.82, 2.24) is 0 Å². The molecule has 0 saturated carbocycles. The fraction of sp³-hybridized carbons (Fsp3) is 0.455. The van der Waals surface area contributed by atoms with Crippen LogP contribution >= 0.6 is 0 Å². The van der Waals surface area contributed by atoms with Crippen molar-refractivity contribution >= 4 is 10.1 Å². The third kappa shape index (κ3) is 5.85. The van der Waals surface area contributed by atoms with Crippen molar-refractivity contribution in [3.63, 3.8) is 0 Å². The quantitative estimate of drug-likeness (QED) is 0.774. The summed E-state index contributed by atoms with van der Waals surface area (Å²) >= 11 is 0. The Labute approximate surface area is 96.0 Å². The van der Waals surface area contributed by atoms with Crippen molar-refractivity contribution in [2.24, 2.45) is 5.92 Å². The average Bonchev–Trinajstić information content (AvgIpc) is 2.16. The Balaban J connectivity index is 2.26. The summed E-state index contributed by atoms with van der Waals surface area (Å²) in [7, 11) is -3.90. The SMILES string of the molecule is C[C@@H](COCc1ccccc1)CS(=O)(=O)O. The summed E-state index contributed by atoms with van der Waals surface area (Å²) in [6.45, 7) is 2.49. The molecule has 0 spiro atoms. The van der Waals surface area contributed by atoms with Crippen LogP contribution in [0, 0.1) is 5.92 Å². The Morgan fingerprint density at radius 2 is 1.94 bits per heavy atom. The summed E-state index contributed by atoms with van der Waals surface area (Å²) < 4.78 is 35.1. The van der Waals surface area contributed by atoms with E-state index in [1.807, 2.05) is 30.3 Å². The molecule has 0 aliphatic rings. The second-order valence-corrected chi connectivity index (χ2v) is 5.35. The van der Waals surface area contributed by atoms with Gasteiger partial charge in [0, 0.05) is 0 Å². The van der Waals surface area contributed by atoms with Gasteiger partial charge in [-0.05, 0) is 11.5 Å². The van der Waals surface area contributed by atoms with E-state index < -0.39 is 10.1 Å². The first-order valence-corrected chi connectivity index (χ1v) is 6.65. The molecule has 0 heterocycles. The van der Waals surface area contributed by atoms with Gasteiger partial charge in [0.1, 0.15) is 0 Å². The third-order valence-corrected chi connectivity index (χ3v) is 3.00. The summed E-state index contributed by atoms with van der Waals surface area (Å²) in [6, 6.07) is 9.63. The molecule has 1 aromatic rings. The van der Waals surface area contributed by atoms with Gasteiger partial charge < -0.3 is 4.74 Å². The molecule has 1 rings (SSSR count). The zero-order chi connectivity index (χ0) is 12.0. The zero-order valence-electron chi connectivity index (χ0n) is 9.17. The van der Waals surface area contributed by atoms with Crippen LogP contribution in [-0.2, 0) is 21.5 Å². The van der Waals surface area contributed by atoms with Gasteiger partial charge in [0.25, 0.3) is 10.1 Å². The van der Waals surface area contributed by atoms with Crippen molar-refractivity contribution in [3.8, 4) is 0 Å². The van der Waals surface area contributed by atoms with E-state index in [1.54, 1.807) is 6.92 Å². The highest BCUT2D eigenvalue weighted by atomic mass is 32.2. The van der Waals surface area contributed by atoms with E-state index >= 15 is 0 Å². The summed E-state index contributed by atoms with van der Waals surface area (Å²) in [5.74, 6) is -0.472. The highest BCUT2D eigenvalue weighted by Crippen LogP contribution is 2.04. The second kappa shape index (κ2) is 5.98. The summed E-state index contributed by atoms with van der Waals surface area (Å²) in [5.41, 5.74) is 1.04. The topological polar surface area (TPSA) is 63.6 Å². The molecule has 16 heavy (non-hydrogen) atoms. The van der Waals surface area contributed by atoms with Gasteiger partial charge in [0.2, 0.25) is 0 Å². The molecule has 0 saturated heterocycles. The van der Waals surface area contributed by atoms with E-state index in [9.17, 15) is 8.42 Å². The van der Waals surface area contributed by atoms with E-state index in [1.165, 1.54) is 0 Å². The molecule has 0 radical (unpaired) electrons. The lowest BCUT2D eigenvalue weighted by molar-refractivity contribution is 0.0973. The maximum absolute atomic E-state index is 10.6. The van der Waals surface area contributed by atoms with E-state index in [0.29, 0.717) is 13.2 Å². The largest absolute Gasteiger partial charge is 0.376 e. The van der Waals surface area contributed by atoms with Gasteiger partial charge in [-0.25, -0.2) is 0 Å². The molecule has 1 atom stereocenters. The van der Waals surface area contributed by atoms with Crippen molar-refractivity contribution in [3.05, 3.63) is 35.9 Å². The van der Waals surface area contributed by atoms with Crippen LogP contribution in [0.15, 0.2) is 30.3 Å². The first-order valence-electron chi connectivity index (χ1n) is 5.04. The maximum atomic E-state index is 10.6. The Hall–Kier alpha value is -0.910. The molecule has 0 aliphatic carbocycles. The minimum absolute atomic E-state index is 0.210. The summed E-state index contributed by atoms with van der Waals surface area (Å²) in [4.78, 5) is 0. The third-order valence-electron chi connectivity index (χ3n) is 2.01. The fourth-order valence-electron chi connectivity index (χ4n) is 1.36. The van der Waals surface area contributed by atoms with Gasteiger partial charge in [-0.3, -0.25) is 4.55 Å². The predicted molar refractivity (Wildman–Crippen MR) is 61.7 cm³/mol. The van der Waals surface area contributed by atoms with E-state index in [-0.39, 0.29) is 11.7 Å². The van der Waals surface area contributed by atoms with Gasteiger partial charge in [0.05, 0.1) is 19.0 Å². The van der Waals surface area contributed by atoms with Gasteiger partial charge in [-0.1, -0.05) is 37.3 Å². The lowest BCUT2D eigenvalue weighted by Crippen LogP contribution is -2.17. The van der Waals surface area contributed by atoms with Crippen LogP contribution < -0.4 is 0 Å². The van der Waals surface area contributed by atoms with Crippen LogP contribution in [0.2, 0.25) is 0 Å². The average molecular weight is 244 g/mol. The molecular formula is C11H16O4S. The number of benzene rings is 1. The van der Waals surface area contributed by atoms with Crippen LogP contribution in [0.5, 0.6) is 0 Å². The molecular weight excluding hydrogens is 228 g/mol. The number of ether oxygens (including phenoxy) is 1. The fourth-order valence-corrected chi connectivity index (χ4v) is 2.18. The molecule has 0 aliphatic heterocycles. The molecule has 0 amide bonds. The Morgan fingerprint density at radius 3 is 2.50 bits per heavy atom. The second-order valence-electron chi connectivity index (χ2n) is 3.85. The lowest BCUT2D eigenvalue weighted by Gasteiger charge is -2.10. The van der Waals surface area contributed by atoms with Gasteiger partial charge in [-0.2, -0.15) is 8.42 Å². The smallest absolute Gasteiger partial charge is 0.265 e. The van der Waals surface area contributed by atoms with Gasteiger partial charge in [-0.15, -0.1) is 0 Å². The molecule has 4 nitrogen and oxygen atoms in total. The molecule has 0 bridgehead atoms. The molecule has 0 fully saturated rings. The van der Waals surface area contributed by atoms with Crippen molar-refractivity contribution in [2.45, 2.75) is 13.5 Å². The molecule has 5 heteroatoms. The van der Waals surface area contributed by atoms with Crippen LogP contribution in [-0.4, -0.2) is 25.3 Å². The van der Waals surface area contributed by atoms with E-state index in [4.69, 9.17) is 9.29 Å². The lowest BCUT2D eigenvalue weighted by atomic mass is 10.2.